The summed E-state index contributed by atoms with van der Waals surface area (Å²) in [5.74, 6) is 0.139. The Balaban J connectivity index is 2.14. The van der Waals surface area contributed by atoms with Crippen molar-refractivity contribution in [2.75, 3.05) is 6.26 Å². The minimum Gasteiger partial charge on any atom is -0.310 e. The third-order valence-corrected chi connectivity index (χ3v) is 4.90. The number of thioether (sulfide) groups is 1. The first-order chi connectivity index (χ1) is 13.0. The van der Waals surface area contributed by atoms with Crippen LogP contribution in [0.15, 0.2) is 47.4 Å². The van der Waals surface area contributed by atoms with Gasteiger partial charge in [0.25, 0.3) is 0 Å². The number of aromatic nitrogens is 3. The Morgan fingerprint density at radius 3 is 2.00 bits per heavy atom. The van der Waals surface area contributed by atoms with Crippen molar-refractivity contribution in [2.24, 2.45) is 7.05 Å². The smallest absolute Gasteiger partial charge is 0.310 e. The maximum absolute atomic E-state index is 13.3. The fourth-order valence-electron chi connectivity index (χ4n) is 2.78. The summed E-state index contributed by atoms with van der Waals surface area (Å²) in [6.07, 6.45) is -7.48. The number of hydrogen-bond donors (Lipinski definition) is 0. The first kappa shape index (κ1) is 20.2. The molecule has 28 heavy (non-hydrogen) atoms. The maximum atomic E-state index is 13.3. The predicted molar refractivity (Wildman–Crippen MR) is 93.7 cm³/mol. The fourth-order valence-corrected chi connectivity index (χ4v) is 3.40. The van der Waals surface area contributed by atoms with Crippen molar-refractivity contribution in [3.63, 3.8) is 0 Å². The largest absolute Gasteiger partial charge is 0.417 e. The van der Waals surface area contributed by atoms with Crippen molar-refractivity contribution in [2.45, 2.75) is 17.2 Å². The van der Waals surface area contributed by atoms with E-state index in [-0.39, 0.29) is 17.2 Å². The standard InChI is InChI=1S/C18H13F6N3S/c1-27-15(11-5-3-4-6-13(11)18(22,23)24)25-26-16(27)12-8-7-10(17(19,20)21)9-14(12)28-2/h3-9H,1-2H3. The number of rotatable bonds is 3. The Morgan fingerprint density at radius 2 is 1.43 bits per heavy atom. The van der Waals surface area contributed by atoms with Crippen LogP contribution in [0.2, 0.25) is 0 Å². The second kappa shape index (κ2) is 7.16. The van der Waals surface area contributed by atoms with Gasteiger partial charge < -0.3 is 4.57 Å². The zero-order valence-corrected chi connectivity index (χ0v) is 15.4. The van der Waals surface area contributed by atoms with Crippen LogP contribution in [0.4, 0.5) is 26.3 Å². The summed E-state index contributed by atoms with van der Waals surface area (Å²) < 4.78 is 80.1. The molecular formula is C18H13F6N3S. The Kier molecular flexibility index (Phi) is 5.18. The lowest BCUT2D eigenvalue weighted by molar-refractivity contribution is -0.138. The number of halogens is 6. The molecule has 0 fully saturated rings. The molecule has 148 valence electrons. The van der Waals surface area contributed by atoms with Crippen molar-refractivity contribution in [3.8, 4) is 22.8 Å². The molecule has 0 saturated carbocycles. The fraction of sp³-hybridized carbons (Fsp3) is 0.222. The van der Waals surface area contributed by atoms with Gasteiger partial charge in [-0.05, 0) is 30.5 Å². The van der Waals surface area contributed by atoms with Gasteiger partial charge in [0.15, 0.2) is 11.6 Å². The molecule has 0 aliphatic heterocycles. The van der Waals surface area contributed by atoms with E-state index >= 15 is 0 Å². The maximum Gasteiger partial charge on any atom is 0.417 e. The van der Waals surface area contributed by atoms with E-state index in [0.29, 0.717) is 10.5 Å². The van der Waals surface area contributed by atoms with Gasteiger partial charge in [-0.3, -0.25) is 0 Å². The molecular weight excluding hydrogens is 404 g/mol. The first-order valence-electron chi connectivity index (χ1n) is 7.85. The van der Waals surface area contributed by atoms with E-state index in [4.69, 9.17) is 0 Å². The van der Waals surface area contributed by atoms with Gasteiger partial charge in [-0.25, -0.2) is 0 Å². The van der Waals surface area contributed by atoms with E-state index in [1.807, 2.05) is 0 Å². The average Bonchev–Trinajstić information content (AvgIpc) is 3.00. The second-order valence-electron chi connectivity index (χ2n) is 5.86. The summed E-state index contributed by atoms with van der Waals surface area (Å²) in [6.45, 7) is 0. The van der Waals surface area contributed by atoms with Gasteiger partial charge in [0, 0.05) is 23.1 Å². The lowest BCUT2D eigenvalue weighted by atomic mass is 10.1. The van der Waals surface area contributed by atoms with Crippen LogP contribution in [0, 0.1) is 0 Å². The normalized spacial score (nSPS) is 12.4. The Labute approximate surface area is 160 Å². The van der Waals surface area contributed by atoms with Crippen LogP contribution in [0.5, 0.6) is 0 Å². The van der Waals surface area contributed by atoms with Gasteiger partial charge in [-0.1, -0.05) is 18.2 Å². The molecule has 10 heteroatoms. The lowest BCUT2D eigenvalue weighted by Gasteiger charge is -2.14. The number of alkyl halides is 6. The van der Waals surface area contributed by atoms with Crippen molar-refractivity contribution in [1.29, 1.82) is 0 Å². The molecule has 0 spiro atoms. The molecule has 3 rings (SSSR count). The highest BCUT2D eigenvalue weighted by atomic mass is 32.2. The lowest BCUT2D eigenvalue weighted by Crippen LogP contribution is -2.09. The molecule has 0 aliphatic carbocycles. The molecule has 0 unspecified atom stereocenters. The van der Waals surface area contributed by atoms with Crippen molar-refractivity contribution in [3.05, 3.63) is 53.6 Å². The number of nitrogens with zero attached hydrogens (tertiary/aromatic N) is 3. The molecule has 0 saturated heterocycles. The first-order valence-corrected chi connectivity index (χ1v) is 9.08. The van der Waals surface area contributed by atoms with Crippen LogP contribution in [-0.2, 0) is 19.4 Å². The minimum atomic E-state index is -4.58. The second-order valence-corrected chi connectivity index (χ2v) is 6.71. The molecule has 1 heterocycles. The number of benzene rings is 2. The molecule has 3 nitrogen and oxygen atoms in total. The summed E-state index contributed by atoms with van der Waals surface area (Å²) in [5, 5.41) is 7.80. The van der Waals surface area contributed by atoms with Crippen LogP contribution < -0.4 is 0 Å². The zero-order chi connectivity index (χ0) is 20.7. The van der Waals surface area contributed by atoms with E-state index in [2.05, 4.69) is 10.2 Å². The van der Waals surface area contributed by atoms with E-state index in [1.54, 1.807) is 6.26 Å². The van der Waals surface area contributed by atoms with Gasteiger partial charge in [0.1, 0.15) is 0 Å². The monoisotopic (exact) mass is 417 g/mol. The Bertz CT molecular complexity index is 1010. The average molecular weight is 417 g/mol. The van der Waals surface area contributed by atoms with Crippen LogP contribution in [0.1, 0.15) is 11.1 Å². The van der Waals surface area contributed by atoms with E-state index in [9.17, 15) is 26.3 Å². The van der Waals surface area contributed by atoms with E-state index in [1.165, 1.54) is 35.9 Å². The minimum absolute atomic E-state index is 0.0325. The Morgan fingerprint density at radius 1 is 0.821 bits per heavy atom. The van der Waals surface area contributed by atoms with Crippen molar-refractivity contribution >= 4 is 11.8 Å². The van der Waals surface area contributed by atoms with Gasteiger partial charge in [0.2, 0.25) is 0 Å². The van der Waals surface area contributed by atoms with Gasteiger partial charge in [-0.2, -0.15) is 26.3 Å². The summed E-state index contributed by atoms with van der Waals surface area (Å²) >= 11 is 1.08. The number of hydrogen-bond acceptors (Lipinski definition) is 3. The SMILES string of the molecule is CSc1cc(C(F)(F)F)ccc1-c1nnc(-c2ccccc2C(F)(F)F)n1C. The molecule has 0 bridgehead atoms. The highest BCUT2D eigenvalue weighted by molar-refractivity contribution is 7.98. The summed E-state index contributed by atoms with van der Waals surface area (Å²) in [7, 11) is 1.47. The molecule has 2 aromatic carbocycles. The summed E-state index contributed by atoms with van der Waals surface area (Å²) in [4.78, 5) is 0.293. The Hall–Kier alpha value is -2.49. The molecule has 0 atom stereocenters. The van der Waals surface area contributed by atoms with Crippen molar-refractivity contribution < 1.29 is 26.3 Å². The zero-order valence-electron chi connectivity index (χ0n) is 14.6. The van der Waals surface area contributed by atoms with Crippen molar-refractivity contribution in [1.82, 2.24) is 14.8 Å². The van der Waals surface area contributed by atoms with E-state index < -0.39 is 23.5 Å². The third kappa shape index (κ3) is 3.73. The summed E-state index contributed by atoms with van der Waals surface area (Å²) in [5.41, 5.74) is -1.49. The molecule has 0 N–H and O–H groups in total. The van der Waals surface area contributed by atoms with Gasteiger partial charge >= 0.3 is 12.4 Å². The predicted octanol–water partition coefficient (Wildman–Crippen LogP) is 5.91. The highest BCUT2D eigenvalue weighted by Gasteiger charge is 2.35. The van der Waals surface area contributed by atoms with Crippen LogP contribution in [-0.4, -0.2) is 21.0 Å². The van der Waals surface area contributed by atoms with Crippen LogP contribution >= 0.6 is 11.8 Å². The molecule has 0 amide bonds. The summed E-state index contributed by atoms with van der Waals surface area (Å²) in [6, 6.07) is 8.08. The quantitative estimate of drug-likeness (QED) is 0.392. The van der Waals surface area contributed by atoms with E-state index in [0.717, 1.165) is 30.0 Å². The molecule has 3 aromatic rings. The van der Waals surface area contributed by atoms with Gasteiger partial charge in [0.05, 0.1) is 11.1 Å². The van der Waals surface area contributed by atoms with Crippen LogP contribution in [0.3, 0.4) is 0 Å². The topological polar surface area (TPSA) is 30.7 Å². The van der Waals surface area contributed by atoms with Crippen LogP contribution in [0.25, 0.3) is 22.8 Å². The van der Waals surface area contributed by atoms with Gasteiger partial charge in [-0.15, -0.1) is 22.0 Å². The third-order valence-electron chi connectivity index (χ3n) is 4.12. The molecule has 0 aliphatic rings. The molecule has 1 aromatic heterocycles. The molecule has 0 radical (unpaired) electrons. The highest BCUT2D eigenvalue weighted by Crippen LogP contribution is 2.39.